The molecule has 0 radical (unpaired) electrons. The topological polar surface area (TPSA) is 78.3 Å². The van der Waals surface area contributed by atoms with Crippen LogP contribution in [0.15, 0.2) is 43.0 Å². The van der Waals surface area contributed by atoms with Crippen molar-refractivity contribution in [1.29, 1.82) is 0 Å². The second kappa shape index (κ2) is 9.24. The van der Waals surface area contributed by atoms with Gasteiger partial charge in [-0.1, -0.05) is 12.1 Å². The van der Waals surface area contributed by atoms with Crippen LogP contribution in [0.3, 0.4) is 0 Å². The Hall–Kier alpha value is -3.38. The molecule has 2 aromatic heterocycles. The molecule has 3 heterocycles. The van der Waals surface area contributed by atoms with Crippen molar-refractivity contribution in [2.24, 2.45) is 0 Å². The molecule has 0 saturated carbocycles. The number of imidazole rings is 1. The van der Waals surface area contributed by atoms with Crippen LogP contribution in [0.1, 0.15) is 22.9 Å². The summed E-state index contributed by atoms with van der Waals surface area (Å²) in [5, 5.41) is 2.30. The third-order valence-corrected chi connectivity index (χ3v) is 4.83. The molecule has 4 rings (SSSR count). The maximum Gasteiger partial charge on any atom is 0.419 e. The zero-order chi connectivity index (χ0) is 23.6. The van der Waals surface area contributed by atoms with Gasteiger partial charge in [0.1, 0.15) is 18.2 Å². The van der Waals surface area contributed by atoms with Crippen LogP contribution in [0.4, 0.5) is 27.6 Å². The van der Waals surface area contributed by atoms with Crippen LogP contribution in [-0.2, 0) is 26.9 Å². The first-order valence-electron chi connectivity index (χ1n) is 9.76. The molecule has 174 valence electrons. The van der Waals surface area contributed by atoms with Crippen molar-refractivity contribution in [2.75, 3.05) is 25.1 Å². The van der Waals surface area contributed by atoms with Gasteiger partial charge in [0.25, 0.3) is 0 Å². The first-order valence-corrected chi connectivity index (χ1v) is 9.76. The maximum atomic E-state index is 14.6. The van der Waals surface area contributed by atoms with Crippen molar-refractivity contribution in [2.45, 2.75) is 18.7 Å². The Kier molecular flexibility index (Phi) is 6.38. The number of ether oxygens (including phenoxy) is 2. The molecule has 12 heteroatoms. The van der Waals surface area contributed by atoms with Crippen LogP contribution in [-0.4, -0.2) is 40.3 Å². The summed E-state index contributed by atoms with van der Waals surface area (Å²) >= 11 is 0. The Balaban J connectivity index is 1.45. The number of hydrogen-bond donors (Lipinski definition) is 1. The van der Waals surface area contributed by atoms with Crippen molar-refractivity contribution in [3.05, 3.63) is 71.4 Å². The van der Waals surface area contributed by atoms with Gasteiger partial charge in [-0.25, -0.2) is 18.7 Å². The highest BCUT2D eigenvalue weighted by Gasteiger charge is 2.35. The number of anilines is 1. The number of rotatable bonds is 5. The Labute approximate surface area is 184 Å². The molecule has 33 heavy (non-hydrogen) atoms. The largest absolute Gasteiger partial charge is 0.419 e. The minimum absolute atomic E-state index is 0.0435. The number of pyridine rings is 1. The summed E-state index contributed by atoms with van der Waals surface area (Å²) < 4.78 is 79.4. The van der Waals surface area contributed by atoms with E-state index in [0.717, 1.165) is 18.2 Å². The van der Waals surface area contributed by atoms with Crippen LogP contribution in [0.5, 0.6) is 0 Å². The number of carbonyl (C=O) groups is 1. The van der Waals surface area contributed by atoms with E-state index in [4.69, 9.17) is 9.47 Å². The summed E-state index contributed by atoms with van der Waals surface area (Å²) in [6.45, 7) is 1.23. The van der Waals surface area contributed by atoms with Gasteiger partial charge in [0, 0.05) is 12.3 Å². The lowest BCUT2D eigenvalue weighted by Gasteiger charge is -2.21. The smallest absolute Gasteiger partial charge is 0.376 e. The summed E-state index contributed by atoms with van der Waals surface area (Å²) in [5.74, 6) is -3.24. The normalized spacial score (nSPS) is 16.6. The molecular weight excluding hydrogens is 451 g/mol. The fourth-order valence-electron chi connectivity index (χ4n) is 3.28. The zero-order valence-electron chi connectivity index (χ0n) is 16.9. The minimum atomic E-state index is -4.89. The zero-order valence-corrected chi connectivity index (χ0v) is 16.9. The Morgan fingerprint density at radius 1 is 1.21 bits per heavy atom. The molecule has 0 aliphatic carbocycles. The van der Waals surface area contributed by atoms with Crippen molar-refractivity contribution >= 4 is 11.6 Å². The van der Waals surface area contributed by atoms with E-state index in [2.05, 4.69) is 15.3 Å². The number of hydrogen-bond acceptors (Lipinski definition) is 5. The standard InChI is InChI=1S/C21H17F5N4O3/c22-15-7-13(29-18(31)6-12-2-1-3-14(19(12)23)21(24,25)26)8-27-20(15)30-9-16(28-11-30)17-10-32-4-5-33-17/h1-3,7-9,11,17H,4-6,10H2,(H,29,31)/t17-/m1/s1. The quantitative estimate of drug-likeness (QED) is 0.576. The number of nitrogens with one attached hydrogen (secondary N) is 1. The lowest BCUT2D eigenvalue weighted by molar-refractivity contribution is -0.140. The average molecular weight is 468 g/mol. The van der Waals surface area contributed by atoms with Gasteiger partial charge in [0.2, 0.25) is 5.91 Å². The molecule has 0 bridgehead atoms. The molecule has 7 nitrogen and oxygen atoms in total. The van der Waals surface area contributed by atoms with Crippen molar-refractivity contribution in [3.8, 4) is 5.82 Å². The number of aromatic nitrogens is 3. The molecule has 1 aromatic carbocycles. The monoisotopic (exact) mass is 468 g/mol. The predicted octanol–water partition coefficient (Wildman–Crippen LogP) is 3.83. The molecular formula is C21H17F5N4O3. The van der Waals surface area contributed by atoms with E-state index in [1.54, 1.807) is 6.20 Å². The lowest BCUT2D eigenvalue weighted by atomic mass is 10.1. The van der Waals surface area contributed by atoms with Crippen LogP contribution in [0.2, 0.25) is 0 Å². The van der Waals surface area contributed by atoms with E-state index in [-0.39, 0.29) is 17.6 Å². The van der Waals surface area contributed by atoms with Gasteiger partial charge in [0.15, 0.2) is 11.6 Å². The molecule has 1 aliphatic heterocycles. The van der Waals surface area contributed by atoms with E-state index in [1.807, 2.05) is 0 Å². The van der Waals surface area contributed by atoms with Gasteiger partial charge < -0.3 is 14.8 Å². The summed E-state index contributed by atoms with van der Waals surface area (Å²) in [6, 6.07) is 3.66. The fraction of sp³-hybridized carbons (Fsp3) is 0.286. The molecule has 1 amide bonds. The first-order chi connectivity index (χ1) is 15.7. The van der Waals surface area contributed by atoms with E-state index >= 15 is 0 Å². The predicted molar refractivity (Wildman–Crippen MR) is 105 cm³/mol. The van der Waals surface area contributed by atoms with Crippen molar-refractivity contribution in [3.63, 3.8) is 0 Å². The number of carbonyl (C=O) groups excluding carboxylic acids is 1. The third kappa shape index (κ3) is 5.17. The van der Waals surface area contributed by atoms with Crippen LogP contribution >= 0.6 is 0 Å². The van der Waals surface area contributed by atoms with Crippen LogP contribution in [0, 0.1) is 11.6 Å². The summed E-state index contributed by atoms with van der Waals surface area (Å²) in [5.41, 5.74) is -1.41. The van der Waals surface area contributed by atoms with Gasteiger partial charge in [-0.2, -0.15) is 13.2 Å². The summed E-state index contributed by atoms with van der Waals surface area (Å²) in [7, 11) is 0. The fourth-order valence-corrected chi connectivity index (χ4v) is 3.28. The highest BCUT2D eigenvalue weighted by Crippen LogP contribution is 2.32. The molecule has 0 spiro atoms. The summed E-state index contributed by atoms with van der Waals surface area (Å²) in [6.07, 6.45) is -1.88. The molecule has 1 N–H and O–H groups in total. The Bertz CT molecular complexity index is 1160. The van der Waals surface area contributed by atoms with E-state index in [1.165, 1.54) is 17.1 Å². The van der Waals surface area contributed by atoms with Gasteiger partial charge >= 0.3 is 6.18 Å². The second-order valence-electron chi connectivity index (χ2n) is 7.17. The van der Waals surface area contributed by atoms with Gasteiger partial charge in [-0.15, -0.1) is 0 Å². The Morgan fingerprint density at radius 2 is 2.03 bits per heavy atom. The number of benzene rings is 1. The summed E-state index contributed by atoms with van der Waals surface area (Å²) in [4.78, 5) is 20.3. The molecule has 1 aliphatic rings. The van der Waals surface area contributed by atoms with Gasteiger partial charge in [-0.3, -0.25) is 9.36 Å². The maximum absolute atomic E-state index is 14.6. The second-order valence-corrected chi connectivity index (χ2v) is 7.17. The number of alkyl halides is 3. The molecule has 1 saturated heterocycles. The van der Waals surface area contributed by atoms with Crippen LogP contribution in [0.25, 0.3) is 5.82 Å². The molecule has 0 unspecified atom stereocenters. The number of nitrogens with zero attached hydrogens (tertiary/aromatic N) is 3. The minimum Gasteiger partial charge on any atom is -0.376 e. The van der Waals surface area contributed by atoms with Gasteiger partial charge in [0.05, 0.1) is 49.4 Å². The van der Waals surface area contributed by atoms with E-state index in [9.17, 15) is 26.7 Å². The number of halogens is 5. The van der Waals surface area contributed by atoms with Gasteiger partial charge in [-0.05, 0) is 11.6 Å². The molecule has 1 fully saturated rings. The van der Waals surface area contributed by atoms with Crippen LogP contribution < -0.4 is 5.32 Å². The average Bonchev–Trinajstić information content (AvgIpc) is 3.25. The Morgan fingerprint density at radius 3 is 2.73 bits per heavy atom. The SMILES string of the molecule is O=C(Cc1cccc(C(F)(F)F)c1F)Nc1cnc(-n2cnc([C@H]3COCCO3)c2)c(F)c1. The molecule has 3 aromatic rings. The van der Waals surface area contributed by atoms with E-state index < -0.39 is 41.3 Å². The third-order valence-electron chi connectivity index (χ3n) is 4.83. The molecule has 1 atom stereocenters. The highest BCUT2D eigenvalue weighted by molar-refractivity contribution is 5.92. The lowest BCUT2D eigenvalue weighted by Crippen LogP contribution is -2.22. The first kappa shape index (κ1) is 22.8. The van der Waals surface area contributed by atoms with Crippen molar-refractivity contribution < 1.29 is 36.2 Å². The number of amides is 1. The highest BCUT2D eigenvalue weighted by atomic mass is 19.4. The van der Waals surface area contributed by atoms with E-state index in [0.29, 0.717) is 31.6 Å². The van der Waals surface area contributed by atoms with Crippen molar-refractivity contribution in [1.82, 2.24) is 14.5 Å².